The number of anilines is 1. The van der Waals surface area contributed by atoms with E-state index in [0.717, 1.165) is 6.07 Å². The lowest BCUT2D eigenvalue weighted by Crippen LogP contribution is -2.12. The van der Waals surface area contributed by atoms with Crippen LogP contribution in [0.15, 0.2) is 12.1 Å². The molecule has 0 amide bonds. The third-order valence-corrected chi connectivity index (χ3v) is 1.81. The topological polar surface area (TPSA) is 41.5 Å². The Hall–Kier alpha value is -1.27. The maximum atomic E-state index is 13.1. The maximum Gasteiger partial charge on any atom is 0.161 e. The van der Waals surface area contributed by atoms with E-state index >= 15 is 0 Å². The van der Waals surface area contributed by atoms with Crippen molar-refractivity contribution in [3.8, 4) is 0 Å². The van der Waals surface area contributed by atoms with E-state index in [-0.39, 0.29) is 32.1 Å². The fourth-order valence-electron chi connectivity index (χ4n) is 1.08. The van der Waals surface area contributed by atoms with E-state index in [1.165, 1.54) is 0 Å². The third kappa shape index (κ3) is 3.71. The second-order valence-corrected chi connectivity index (χ2v) is 3.01. The quantitative estimate of drug-likeness (QED) is 0.580. The SMILES string of the molecule is OCCOCCNc1cc(F)c(F)cc1F. The van der Waals surface area contributed by atoms with Gasteiger partial charge >= 0.3 is 0 Å². The number of halogens is 3. The average molecular weight is 235 g/mol. The second-order valence-electron chi connectivity index (χ2n) is 3.01. The minimum absolute atomic E-state index is 0.0977. The van der Waals surface area contributed by atoms with E-state index in [0.29, 0.717) is 6.07 Å². The van der Waals surface area contributed by atoms with Crippen LogP contribution in [0, 0.1) is 17.5 Å². The zero-order valence-electron chi connectivity index (χ0n) is 8.47. The van der Waals surface area contributed by atoms with Gasteiger partial charge in [0.05, 0.1) is 25.5 Å². The molecule has 16 heavy (non-hydrogen) atoms. The Labute approximate surface area is 90.8 Å². The van der Waals surface area contributed by atoms with Gasteiger partial charge in [0, 0.05) is 18.7 Å². The highest BCUT2D eigenvalue weighted by atomic mass is 19.2. The van der Waals surface area contributed by atoms with Crippen molar-refractivity contribution in [2.45, 2.75) is 0 Å². The van der Waals surface area contributed by atoms with Gasteiger partial charge in [0.1, 0.15) is 5.82 Å². The number of nitrogens with one attached hydrogen (secondary N) is 1. The standard InChI is InChI=1S/C10H12F3NO2/c11-7-5-9(13)10(6-8(7)12)14-1-3-16-4-2-15/h5-6,14-15H,1-4H2. The Kier molecular flexibility index (Phi) is 5.07. The predicted octanol–water partition coefficient (Wildman–Crippen LogP) is 1.52. The van der Waals surface area contributed by atoms with E-state index in [1.807, 2.05) is 0 Å². The van der Waals surface area contributed by atoms with Crippen molar-refractivity contribution in [1.82, 2.24) is 0 Å². The summed E-state index contributed by atoms with van der Waals surface area (Å²) in [4.78, 5) is 0. The monoisotopic (exact) mass is 235 g/mol. The molecule has 90 valence electrons. The highest BCUT2D eigenvalue weighted by Gasteiger charge is 2.08. The van der Waals surface area contributed by atoms with Crippen molar-refractivity contribution < 1.29 is 23.0 Å². The molecular formula is C10H12F3NO2. The molecule has 0 spiro atoms. The van der Waals surface area contributed by atoms with Crippen LogP contribution in [0.3, 0.4) is 0 Å². The molecule has 0 atom stereocenters. The van der Waals surface area contributed by atoms with Crippen molar-refractivity contribution in [1.29, 1.82) is 0 Å². The lowest BCUT2D eigenvalue weighted by atomic mass is 10.3. The molecule has 1 aromatic rings. The Morgan fingerprint density at radius 2 is 1.75 bits per heavy atom. The molecule has 0 unspecified atom stereocenters. The first-order valence-corrected chi connectivity index (χ1v) is 4.72. The van der Waals surface area contributed by atoms with Crippen LogP contribution < -0.4 is 5.32 Å². The Morgan fingerprint density at radius 1 is 1.06 bits per heavy atom. The zero-order chi connectivity index (χ0) is 12.0. The van der Waals surface area contributed by atoms with E-state index < -0.39 is 17.5 Å². The van der Waals surface area contributed by atoms with Gasteiger partial charge in [-0.05, 0) is 0 Å². The Morgan fingerprint density at radius 3 is 2.44 bits per heavy atom. The van der Waals surface area contributed by atoms with Gasteiger partial charge in [0.25, 0.3) is 0 Å². The molecule has 3 nitrogen and oxygen atoms in total. The number of hydrogen-bond acceptors (Lipinski definition) is 3. The van der Waals surface area contributed by atoms with Crippen molar-refractivity contribution in [3.05, 3.63) is 29.6 Å². The zero-order valence-corrected chi connectivity index (χ0v) is 8.47. The molecule has 2 N–H and O–H groups in total. The number of benzene rings is 1. The van der Waals surface area contributed by atoms with Gasteiger partial charge in [-0.25, -0.2) is 13.2 Å². The predicted molar refractivity (Wildman–Crippen MR) is 52.7 cm³/mol. The van der Waals surface area contributed by atoms with E-state index in [1.54, 1.807) is 0 Å². The lowest BCUT2D eigenvalue weighted by Gasteiger charge is -2.08. The maximum absolute atomic E-state index is 13.1. The van der Waals surface area contributed by atoms with Crippen LogP contribution in [0.5, 0.6) is 0 Å². The van der Waals surface area contributed by atoms with Gasteiger partial charge in [-0.3, -0.25) is 0 Å². The van der Waals surface area contributed by atoms with Crippen LogP contribution in [0.4, 0.5) is 18.9 Å². The molecule has 0 bridgehead atoms. The molecule has 0 aliphatic carbocycles. The van der Waals surface area contributed by atoms with Gasteiger partial charge in [0.2, 0.25) is 0 Å². The molecular weight excluding hydrogens is 223 g/mol. The van der Waals surface area contributed by atoms with E-state index in [4.69, 9.17) is 9.84 Å². The van der Waals surface area contributed by atoms with Crippen molar-refractivity contribution in [2.75, 3.05) is 31.7 Å². The molecule has 0 saturated heterocycles. The molecule has 0 saturated carbocycles. The van der Waals surface area contributed by atoms with Crippen LogP contribution in [0.2, 0.25) is 0 Å². The minimum atomic E-state index is -1.22. The summed E-state index contributed by atoms with van der Waals surface area (Å²) in [6.45, 7) is 0.558. The van der Waals surface area contributed by atoms with Crippen LogP contribution in [-0.2, 0) is 4.74 Å². The first kappa shape index (κ1) is 12.8. The second kappa shape index (κ2) is 6.34. The molecule has 6 heteroatoms. The Bertz CT molecular complexity index is 347. The molecule has 0 heterocycles. The summed E-state index contributed by atoms with van der Waals surface area (Å²) in [6, 6.07) is 1.23. The highest BCUT2D eigenvalue weighted by Crippen LogP contribution is 2.17. The third-order valence-electron chi connectivity index (χ3n) is 1.81. The number of rotatable bonds is 6. The fourth-order valence-corrected chi connectivity index (χ4v) is 1.08. The number of aliphatic hydroxyl groups is 1. The molecule has 0 aliphatic rings. The summed E-state index contributed by atoms with van der Waals surface area (Å²) in [6.07, 6.45) is 0. The average Bonchev–Trinajstić information content (AvgIpc) is 2.25. The van der Waals surface area contributed by atoms with Gasteiger partial charge in [-0.1, -0.05) is 0 Å². The molecule has 1 aromatic carbocycles. The lowest BCUT2D eigenvalue weighted by molar-refractivity contribution is 0.0992. The molecule has 0 fully saturated rings. The number of aliphatic hydroxyl groups excluding tert-OH is 1. The van der Waals surface area contributed by atoms with Crippen molar-refractivity contribution in [3.63, 3.8) is 0 Å². The van der Waals surface area contributed by atoms with Gasteiger partial charge in [-0.15, -0.1) is 0 Å². The van der Waals surface area contributed by atoms with Crippen molar-refractivity contribution >= 4 is 5.69 Å². The van der Waals surface area contributed by atoms with Crippen LogP contribution >= 0.6 is 0 Å². The Balaban J connectivity index is 2.45. The van der Waals surface area contributed by atoms with Crippen molar-refractivity contribution in [2.24, 2.45) is 0 Å². The minimum Gasteiger partial charge on any atom is -0.394 e. The number of hydrogen-bond donors (Lipinski definition) is 2. The van der Waals surface area contributed by atoms with Gasteiger partial charge in [0.15, 0.2) is 11.6 Å². The first-order chi connectivity index (χ1) is 7.65. The fraction of sp³-hybridized carbons (Fsp3) is 0.400. The summed E-state index contributed by atoms with van der Waals surface area (Å²) in [5.41, 5.74) is -0.119. The number of ether oxygens (including phenoxy) is 1. The summed E-state index contributed by atoms with van der Waals surface area (Å²) in [5, 5.41) is 10.9. The summed E-state index contributed by atoms with van der Waals surface area (Å²) < 4.78 is 43.2. The normalized spacial score (nSPS) is 10.5. The highest BCUT2D eigenvalue weighted by molar-refractivity contribution is 5.45. The molecule has 0 radical (unpaired) electrons. The van der Waals surface area contributed by atoms with E-state index in [9.17, 15) is 13.2 Å². The van der Waals surface area contributed by atoms with Gasteiger partial charge in [-0.2, -0.15) is 0 Å². The molecule has 0 aliphatic heterocycles. The largest absolute Gasteiger partial charge is 0.394 e. The summed E-state index contributed by atoms with van der Waals surface area (Å²) >= 11 is 0. The first-order valence-electron chi connectivity index (χ1n) is 4.72. The molecule has 1 rings (SSSR count). The smallest absolute Gasteiger partial charge is 0.161 e. The summed E-state index contributed by atoms with van der Waals surface area (Å²) in [5.74, 6) is -3.19. The van der Waals surface area contributed by atoms with E-state index in [2.05, 4.69) is 5.32 Å². The van der Waals surface area contributed by atoms with Crippen LogP contribution in [-0.4, -0.2) is 31.5 Å². The molecule has 0 aromatic heterocycles. The van der Waals surface area contributed by atoms with Gasteiger partial charge < -0.3 is 15.2 Å². The summed E-state index contributed by atoms with van der Waals surface area (Å²) in [7, 11) is 0. The van der Waals surface area contributed by atoms with Crippen LogP contribution in [0.1, 0.15) is 0 Å². The van der Waals surface area contributed by atoms with Crippen LogP contribution in [0.25, 0.3) is 0 Å².